The third-order valence-corrected chi connectivity index (χ3v) is 9.42. The smallest absolute Gasteiger partial charge is 0.462 e. The molecule has 0 heterocycles. The molecular formula is C42H75O10P. The van der Waals surface area contributed by atoms with Gasteiger partial charge in [-0.25, -0.2) is 4.57 Å². The van der Waals surface area contributed by atoms with Crippen molar-refractivity contribution in [2.75, 3.05) is 26.4 Å². The van der Waals surface area contributed by atoms with Crippen LogP contribution in [0.4, 0.5) is 0 Å². The Morgan fingerprint density at radius 1 is 0.585 bits per heavy atom. The van der Waals surface area contributed by atoms with Crippen LogP contribution < -0.4 is 0 Å². The third-order valence-electron chi connectivity index (χ3n) is 8.47. The first-order valence-electron chi connectivity index (χ1n) is 20.6. The van der Waals surface area contributed by atoms with Crippen molar-refractivity contribution in [2.45, 2.75) is 180 Å². The number of hydrogen-bond donors (Lipinski definition) is 3. The summed E-state index contributed by atoms with van der Waals surface area (Å²) >= 11 is 0. The molecule has 0 saturated heterocycles. The van der Waals surface area contributed by atoms with Gasteiger partial charge in [0.15, 0.2) is 6.10 Å². The van der Waals surface area contributed by atoms with Crippen molar-refractivity contribution in [3.05, 3.63) is 48.6 Å². The largest absolute Gasteiger partial charge is 0.472 e. The van der Waals surface area contributed by atoms with Gasteiger partial charge in [-0.05, 0) is 70.6 Å². The van der Waals surface area contributed by atoms with Gasteiger partial charge < -0.3 is 24.6 Å². The van der Waals surface area contributed by atoms with E-state index in [4.69, 9.17) is 19.1 Å². The summed E-state index contributed by atoms with van der Waals surface area (Å²) in [6.45, 7) is 2.22. The zero-order chi connectivity index (χ0) is 39.1. The monoisotopic (exact) mass is 771 g/mol. The maximum Gasteiger partial charge on any atom is 0.472 e. The van der Waals surface area contributed by atoms with Gasteiger partial charge in [0, 0.05) is 12.8 Å². The number of carbonyl (C=O) groups excluding carboxylic acids is 2. The molecule has 0 saturated carbocycles. The highest BCUT2D eigenvalue weighted by atomic mass is 31.2. The molecule has 0 rings (SSSR count). The highest BCUT2D eigenvalue weighted by Gasteiger charge is 2.27. The number of aliphatic hydroxyl groups excluding tert-OH is 2. The number of ether oxygens (including phenoxy) is 2. The summed E-state index contributed by atoms with van der Waals surface area (Å²) in [5, 5.41) is 18.3. The number of phosphoric acid groups is 1. The number of allylic oxidation sites excluding steroid dienone is 8. The Labute approximate surface area is 322 Å². The molecule has 0 aromatic carbocycles. The summed E-state index contributed by atoms with van der Waals surface area (Å²) < 4.78 is 32.6. The first-order valence-corrected chi connectivity index (χ1v) is 22.1. The predicted octanol–water partition coefficient (Wildman–Crippen LogP) is 10.6. The minimum atomic E-state index is -4.62. The van der Waals surface area contributed by atoms with Crippen molar-refractivity contribution in [3.8, 4) is 0 Å². The van der Waals surface area contributed by atoms with Crippen molar-refractivity contribution in [2.24, 2.45) is 0 Å². The Morgan fingerprint density at radius 3 is 1.58 bits per heavy atom. The van der Waals surface area contributed by atoms with Gasteiger partial charge in [0.2, 0.25) is 0 Å². The Kier molecular flexibility index (Phi) is 36.7. The number of esters is 2. The van der Waals surface area contributed by atoms with E-state index in [9.17, 15) is 24.2 Å². The molecular weight excluding hydrogens is 695 g/mol. The third kappa shape index (κ3) is 38.0. The van der Waals surface area contributed by atoms with Crippen molar-refractivity contribution in [3.63, 3.8) is 0 Å². The van der Waals surface area contributed by atoms with E-state index in [1.54, 1.807) is 0 Å². The molecule has 3 unspecified atom stereocenters. The molecule has 3 N–H and O–H groups in total. The Morgan fingerprint density at radius 2 is 1.04 bits per heavy atom. The second kappa shape index (κ2) is 38.2. The van der Waals surface area contributed by atoms with Gasteiger partial charge in [0.05, 0.1) is 19.8 Å². The van der Waals surface area contributed by atoms with Gasteiger partial charge in [-0.3, -0.25) is 18.6 Å². The van der Waals surface area contributed by atoms with Crippen LogP contribution in [-0.4, -0.2) is 65.7 Å². The van der Waals surface area contributed by atoms with Crippen molar-refractivity contribution >= 4 is 19.8 Å². The SMILES string of the molecule is CCC=CCC=CCC=CCCCCCCCC(=O)OC(COC(=O)CCCCCCCCCC=CCCCCCC)COP(=O)(O)OCC(O)CO. The van der Waals surface area contributed by atoms with E-state index in [1.165, 1.54) is 51.4 Å². The van der Waals surface area contributed by atoms with Crippen LogP contribution in [0.2, 0.25) is 0 Å². The molecule has 10 nitrogen and oxygen atoms in total. The van der Waals surface area contributed by atoms with Crippen LogP contribution in [0.1, 0.15) is 168 Å². The molecule has 0 amide bonds. The molecule has 0 aromatic rings. The summed E-state index contributed by atoms with van der Waals surface area (Å²) in [4.78, 5) is 34.9. The summed E-state index contributed by atoms with van der Waals surface area (Å²) in [5.41, 5.74) is 0. The number of hydrogen-bond acceptors (Lipinski definition) is 9. The van der Waals surface area contributed by atoms with Gasteiger partial charge in [-0.2, -0.15) is 0 Å². The van der Waals surface area contributed by atoms with Crippen molar-refractivity contribution in [1.29, 1.82) is 0 Å². The average molecular weight is 771 g/mol. The first kappa shape index (κ1) is 50.9. The fourth-order valence-electron chi connectivity index (χ4n) is 5.30. The van der Waals surface area contributed by atoms with Gasteiger partial charge in [0.25, 0.3) is 0 Å². The first-order chi connectivity index (χ1) is 25.7. The van der Waals surface area contributed by atoms with Crippen LogP contribution in [0.3, 0.4) is 0 Å². The lowest BCUT2D eigenvalue weighted by atomic mass is 10.1. The maximum atomic E-state index is 12.6. The Balaban J connectivity index is 4.36. The number of rotatable bonds is 38. The van der Waals surface area contributed by atoms with Crippen LogP contribution >= 0.6 is 7.82 Å². The number of carbonyl (C=O) groups is 2. The molecule has 0 radical (unpaired) electrons. The molecule has 0 bridgehead atoms. The quantitative estimate of drug-likeness (QED) is 0.0240. The topological polar surface area (TPSA) is 149 Å². The molecule has 0 aliphatic carbocycles. The molecule has 0 aliphatic heterocycles. The highest BCUT2D eigenvalue weighted by molar-refractivity contribution is 7.47. The second-order valence-electron chi connectivity index (χ2n) is 13.6. The zero-order valence-electron chi connectivity index (χ0n) is 33.2. The molecule has 53 heavy (non-hydrogen) atoms. The summed E-state index contributed by atoms with van der Waals surface area (Å²) in [5.74, 6) is -0.952. The van der Waals surface area contributed by atoms with E-state index < -0.39 is 51.8 Å². The maximum absolute atomic E-state index is 12.6. The Hall–Kier alpha value is -2.07. The van der Waals surface area contributed by atoms with Gasteiger partial charge in [-0.15, -0.1) is 0 Å². The molecule has 0 spiro atoms. The fourth-order valence-corrected chi connectivity index (χ4v) is 6.08. The zero-order valence-corrected chi connectivity index (χ0v) is 34.1. The minimum absolute atomic E-state index is 0.163. The van der Waals surface area contributed by atoms with Gasteiger partial charge in [0.1, 0.15) is 12.7 Å². The molecule has 3 atom stereocenters. The highest BCUT2D eigenvalue weighted by Crippen LogP contribution is 2.43. The van der Waals surface area contributed by atoms with E-state index >= 15 is 0 Å². The van der Waals surface area contributed by atoms with E-state index in [0.717, 1.165) is 77.0 Å². The minimum Gasteiger partial charge on any atom is -0.462 e. The lowest BCUT2D eigenvalue weighted by Gasteiger charge is -2.20. The van der Waals surface area contributed by atoms with Gasteiger partial charge in [-0.1, -0.05) is 133 Å². The summed E-state index contributed by atoms with van der Waals surface area (Å²) in [6, 6.07) is 0. The van der Waals surface area contributed by atoms with E-state index in [0.29, 0.717) is 12.8 Å². The summed E-state index contributed by atoms with van der Waals surface area (Å²) in [6.07, 6.45) is 39.3. The normalized spacial score (nSPS) is 14.4. The molecule has 11 heteroatoms. The standard InChI is InChI=1S/C42H75O10P/c1-3-5-7-9-11-13-15-17-19-21-23-25-27-29-31-33-41(45)49-37-40(38-51-53(47,48)50-36-39(44)35-43)52-42(46)34-32-30-28-26-24-22-20-18-16-14-12-10-8-6-4-2/h6,8,12-15,18,20,39-40,43-44H,3-5,7,9-11,16-17,19,21-38H2,1-2H3,(H,47,48). The lowest BCUT2D eigenvalue weighted by Crippen LogP contribution is -2.29. The van der Waals surface area contributed by atoms with Crippen LogP contribution in [-0.2, 0) is 32.7 Å². The Bertz CT molecular complexity index is 1030. The number of phosphoric ester groups is 1. The second-order valence-corrected chi connectivity index (χ2v) is 15.1. The van der Waals surface area contributed by atoms with Crippen molar-refractivity contribution < 1.29 is 47.8 Å². The van der Waals surface area contributed by atoms with Crippen LogP contribution in [0.5, 0.6) is 0 Å². The number of aliphatic hydroxyl groups is 2. The molecule has 308 valence electrons. The van der Waals surface area contributed by atoms with E-state index in [2.05, 4.69) is 67.0 Å². The van der Waals surface area contributed by atoms with Crippen LogP contribution in [0.25, 0.3) is 0 Å². The predicted molar refractivity (Wildman–Crippen MR) is 214 cm³/mol. The number of unbranched alkanes of at least 4 members (excludes halogenated alkanes) is 16. The average Bonchev–Trinajstić information content (AvgIpc) is 3.14. The van der Waals surface area contributed by atoms with Crippen LogP contribution in [0, 0.1) is 0 Å². The molecule has 0 aliphatic rings. The molecule has 0 fully saturated rings. The van der Waals surface area contributed by atoms with E-state index in [1.807, 2.05) is 0 Å². The molecule has 0 aromatic heterocycles. The lowest BCUT2D eigenvalue weighted by molar-refractivity contribution is -0.161. The fraction of sp³-hybridized carbons (Fsp3) is 0.762. The van der Waals surface area contributed by atoms with Gasteiger partial charge >= 0.3 is 19.8 Å². The summed E-state index contributed by atoms with van der Waals surface area (Å²) in [7, 11) is -4.62. The van der Waals surface area contributed by atoms with Crippen molar-refractivity contribution in [1.82, 2.24) is 0 Å². The van der Waals surface area contributed by atoms with E-state index in [-0.39, 0.29) is 19.4 Å². The van der Waals surface area contributed by atoms with Crippen LogP contribution in [0.15, 0.2) is 48.6 Å².